The smallest absolute Gasteiger partial charge is 0.243 e. The Balaban J connectivity index is 0.00000450. The van der Waals surface area contributed by atoms with E-state index in [0.29, 0.717) is 43.0 Å². The maximum Gasteiger partial charge on any atom is 0.243 e. The lowest BCUT2D eigenvalue weighted by atomic mass is 9.98. The van der Waals surface area contributed by atoms with Gasteiger partial charge < -0.3 is 15.4 Å². The monoisotopic (exact) mass is 552 g/mol. The lowest BCUT2D eigenvalue weighted by Crippen LogP contribution is -2.44. The maximum atomic E-state index is 12.7. The van der Waals surface area contributed by atoms with Gasteiger partial charge in [0.2, 0.25) is 10.0 Å². The van der Waals surface area contributed by atoms with Crippen molar-refractivity contribution in [2.24, 2.45) is 16.8 Å². The third kappa shape index (κ3) is 9.07. The highest BCUT2D eigenvalue weighted by Crippen LogP contribution is 2.23. The van der Waals surface area contributed by atoms with Crippen LogP contribution in [0.5, 0.6) is 0 Å². The van der Waals surface area contributed by atoms with E-state index in [0.717, 1.165) is 38.4 Å². The van der Waals surface area contributed by atoms with Crippen molar-refractivity contribution in [3.63, 3.8) is 0 Å². The Hall–Kier alpha value is -0.910. The van der Waals surface area contributed by atoms with Crippen molar-refractivity contribution in [1.82, 2.24) is 14.9 Å². The summed E-state index contributed by atoms with van der Waals surface area (Å²) in [6, 6.07) is 8.67. The van der Waals surface area contributed by atoms with Gasteiger partial charge in [0.05, 0.1) is 11.5 Å². The van der Waals surface area contributed by atoms with Gasteiger partial charge in [0.25, 0.3) is 0 Å². The van der Waals surface area contributed by atoms with Crippen molar-refractivity contribution >= 4 is 40.0 Å². The van der Waals surface area contributed by atoms with E-state index in [1.54, 1.807) is 35.6 Å². The molecule has 2 rings (SSSR count). The SMILES string of the molecule is CN=C(NCCOCCC(C)C)NCC1CCN(S(=O)(=O)c2ccccc2)CC1.I. The van der Waals surface area contributed by atoms with Gasteiger partial charge in [-0.25, -0.2) is 8.42 Å². The van der Waals surface area contributed by atoms with E-state index in [9.17, 15) is 8.42 Å². The first kappa shape index (κ1) is 27.1. The van der Waals surface area contributed by atoms with Gasteiger partial charge in [-0.15, -0.1) is 24.0 Å². The number of sulfonamides is 1. The summed E-state index contributed by atoms with van der Waals surface area (Å²) in [7, 11) is -1.63. The molecule has 0 atom stereocenters. The number of benzene rings is 1. The molecule has 0 bridgehead atoms. The summed E-state index contributed by atoms with van der Waals surface area (Å²) in [6.45, 7) is 8.43. The van der Waals surface area contributed by atoms with Gasteiger partial charge in [-0.2, -0.15) is 4.31 Å². The van der Waals surface area contributed by atoms with Crippen LogP contribution in [-0.2, 0) is 14.8 Å². The molecule has 0 radical (unpaired) electrons. The summed E-state index contributed by atoms with van der Waals surface area (Å²) < 4.78 is 32.6. The number of guanidine groups is 1. The van der Waals surface area contributed by atoms with Crippen molar-refractivity contribution in [2.75, 3.05) is 46.4 Å². The highest BCUT2D eigenvalue weighted by molar-refractivity contribution is 14.0. The molecule has 1 fully saturated rings. The van der Waals surface area contributed by atoms with Gasteiger partial charge in [-0.1, -0.05) is 32.0 Å². The van der Waals surface area contributed by atoms with Crippen LogP contribution in [0.1, 0.15) is 33.1 Å². The zero-order valence-electron chi connectivity index (χ0n) is 18.3. The largest absolute Gasteiger partial charge is 0.380 e. The maximum absolute atomic E-state index is 12.7. The molecule has 0 aromatic heterocycles. The van der Waals surface area contributed by atoms with Crippen LogP contribution in [0.3, 0.4) is 0 Å². The average Bonchev–Trinajstić information content (AvgIpc) is 2.73. The predicted octanol–water partition coefficient (Wildman–Crippen LogP) is 2.93. The van der Waals surface area contributed by atoms with Crippen molar-refractivity contribution < 1.29 is 13.2 Å². The second-order valence-corrected chi connectivity index (χ2v) is 9.77. The molecule has 7 nitrogen and oxygen atoms in total. The molecular formula is C21H37IN4O3S. The van der Waals surface area contributed by atoms with Gasteiger partial charge >= 0.3 is 0 Å². The number of rotatable bonds is 10. The fraction of sp³-hybridized carbons (Fsp3) is 0.667. The summed E-state index contributed by atoms with van der Waals surface area (Å²) >= 11 is 0. The fourth-order valence-electron chi connectivity index (χ4n) is 3.22. The van der Waals surface area contributed by atoms with Crippen LogP contribution in [0.2, 0.25) is 0 Å². The Bertz CT molecular complexity index is 721. The first-order valence-corrected chi connectivity index (χ1v) is 11.9. The molecule has 172 valence electrons. The highest BCUT2D eigenvalue weighted by Gasteiger charge is 2.29. The number of piperidine rings is 1. The molecule has 1 aromatic carbocycles. The lowest BCUT2D eigenvalue weighted by molar-refractivity contribution is 0.128. The topological polar surface area (TPSA) is 83.0 Å². The van der Waals surface area contributed by atoms with Gasteiger partial charge in [-0.3, -0.25) is 4.99 Å². The van der Waals surface area contributed by atoms with Crippen molar-refractivity contribution in [1.29, 1.82) is 0 Å². The van der Waals surface area contributed by atoms with Crippen LogP contribution in [-0.4, -0.2) is 65.1 Å². The molecule has 1 saturated heterocycles. The van der Waals surface area contributed by atoms with Crippen LogP contribution in [0.4, 0.5) is 0 Å². The quantitative estimate of drug-likeness (QED) is 0.202. The molecule has 1 aliphatic rings. The van der Waals surface area contributed by atoms with Crippen molar-refractivity contribution in [2.45, 2.75) is 38.0 Å². The molecule has 1 aliphatic heterocycles. The minimum Gasteiger partial charge on any atom is -0.380 e. The Labute approximate surface area is 199 Å². The summed E-state index contributed by atoms with van der Waals surface area (Å²) in [5.74, 6) is 1.85. The van der Waals surface area contributed by atoms with Crippen molar-refractivity contribution in [3.8, 4) is 0 Å². The first-order chi connectivity index (χ1) is 13.9. The minimum atomic E-state index is -3.38. The van der Waals surface area contributed by atoms with Gasteiger partial charge in [0.15, 0.2) is 5.96 Å². The molecule has 9 heteroatoms. The molecular weight excluding hydrogens is 515 g/mol. The zero-order chi connectivity index (χ0) is 21.1. The normalized spacial score (nSPS) is 16.3. The Morgan fingerprint density at radius 3 is 2.43 bits per heavy atom. The number of aliphatic imine (C=N–C) groups is 1. The summed E-state index contributed by atoms with van der Waals surface area (Å²) in [4.78, 5) is 4.62. The summed E-state index contributed by atoms with van der Waals surface area (Å²) in [5, 5.41) is 6.61. The third-order valence-electron chi connectivity index (χ3n) is 5.11. The van der Waals surface area contributed by atoms with E-state index in [1.165, 1.54) is 0 Å². The standard InChI is InChI=1S/C21H36N4O3S.HI/c1-18(2)11-15-28-16-12-23-21(22-3)24-17-19-9-13-25(14-10-19)29(26,27)20-7-5-4-6-8-20;/h4-8,18-19H,9-17H2,1-3H3,(H2,22,23,24);1H. The van der Waals surface area contributed by atoms with Crippen LogP contribution in [0, 0.1) is 11.8 Å². The van der Waals surface area contributed by atoms with E-state index in [4.69, 9.17) is 4.74 Å². The molecule has 1 heterocycles. The van der Waals surface area contributed by atoms with Gasteiger partial charge in [-0.05, 0) is 43.2 Å². The second-order valence-electron chi connectivity index (χ2n) is 7.84. The molecule has 0 spiro atoms. The number of nitrogens with zero attached hydrogens (tertiary/aromatic N) is 2. The summed E-state index contributed by atoms with van der Waals surface area (Å²) in [6.07, 6.45) is 2.76. The van der Waals surface area contributed by atoms with E-state index in [2.05, 4.69) is 29.5 Å². The second kappa shape index (κ2) is 14.2. The summed E-state index contributed by atoms with van der Waals surface area (Å²) in [5.41, 5.74) is 0. The number of ether oxygens (including phenoxy) is 1. The number of hydrogen-bond acceptors (Lipinski definition) is 4. The van der Waals surface area contributed by atoms with Crippen LogP contribution < -0.4 is 10.6 Å². The third-order valence-corrected chi connectivity index (χ3v) is 7.03. The number of halogens is 1. The minimum absolute atomic E-state index is 0. The van der Waals surface area contributed by atoms with E-state index < -0.39 is 10.0 Å². The Kier molecular flexibility index (Phi) is 12.8. The van der Waals surface area contributed by atoms with Crippen molar-refractivity contribution in [3.05, 3.63) is 30.3 Å². The molecule has 2 N–H and O–H groups in total. The molecule has 0 unspecified atom stereocenters. The number of nitrogens with one attached hydrogen (secondary N) is 2. The van der Waals surface area contributed by atoms with E-state index in [1.807, 2.05) is 6.07 Å². The average molecular weight is 553 g/mol. The van der Waals surface area contributed by atoms with Crippen LogP contribution in [0.15, 0.2) is 40.2 Å². The van der Waals surface area contributed by atoms with Crippen LogP contribution in [0.25, 0.3) is 0 Å². The molecule has 0 amide bonds. The molecule has 0 aliphatic carbocycles. The fourth-order valence-corrected chi connectivity index (χ4v) is 4.71. The van der Waals surface area contributed by atoms with Gasteiger partial charge in [0.1, 0.15) is 0 Å². The van der Waals surface area contributed by atoms with Gasteiger partial charge in [0, 0.05) is 39.8 Å². The molecule has 30 heavy (non-hydrogen) atoms. The molecule has 1 aromatic rings. The highest BCUT2D eigenvalue weighted by atomic mass is 127. The van der Waals surface area contributed by atoms with E-state index in [-0.39, 0.29) is 24.0 Å². The Morgan fingerprint density at radius 2 is 1.83 bits per heavy atom. The van der Waals surface area contributed by atoms with E-state index >= 15 is 0 Å². The predicted molar refractivity (Wildman–Crippen MR) is 133 cm³/mol. The van der Waals surface area contributed by atoms with Crippen LogP contribution >= 0.6 is 24.0 Å². The molecule has 0 saturated carbocycles. The first-order valence-electron chi connectivity index (χ1n) is 10.5. The zero-order valence-corrected chi connectivity index (χ0v) is 21.5. The Morgan fingerprint density at radius 1 is 1.17 bits per heavy atom. The lowest BCUT2D eigenvalue weighted by Gasteiger charge is -2.31. The number of hydrogen-bond donors (Lipinski definition) is 2.